The quantitative estimate of drug-likeness (QED) is 0.754. The lowest BCUT2D eigenvalue weighted by Gasteiger charge is -2.10. The van der Waals surface area contributed by atoms with Crippen LogP contribution in [0, 0.1) is 0 Å². The lowest BCUT2D eigenvalue weighted by molar-refractivity contribution is 0.101. The van der Waals surface area contributed by atoms with Gasteiger partial charge in [0.15, 0.2) is 5.78 Å². The van der Waals surface area contributed by atoms with E-state index in [2.05, 4.69) is 11.9 Å². The molecule has 3 nitrogen and oxygen atoms in total. The molecule has 88 valence electrons. The smallest absolute Gasteiger partial charge is 0.161 e. The highest BCUT2D eigenvalue weighted by molar-refractivity contribution is 5.97. The summed E-state index contributed by atoms with van der Waals surface area (Å²) in [6, 6.07) is 7.64. The van der Waals surface area contributed by atoms with Crippen LogP contribution >= 0.6 is 0 Å². The van der Waals surface area contributed by atoms with Crippen LogP contribution in [0.5, 0.6) is 0 Å². The Hall–Kier alpha value is -1.90. The first-order valence-electron chi connectivity index (χ1n) is 5.86. The third kappa shape index (κ3) is 2.28. The fourth-order valence-corrected chi connectivity index (χ4v) is 1.94. The Morgan fingerprint density at radius 3 is 2.82 bits per heavy atom. The fourth-order valence-electron chi connectivity index (χ4n) is 1.94. The molecule has 0 aliphatic carbocycles. The number of hydrogen-bond donors (Lipinski definition) is 0. The van der Waals surface area contributed by atoms with Gasteiger partial charge in [-0.2, -0.15) is 0 Å². The van der Waals surface area contributed by atoms with Gasteiger partial charge in [0.05, 0.1) is 5.69 Å². The standard InChI is InChI=1S/C14H16N2O/c1-3-6-14-15-9-10-16(14)13-8-5-4-7-12(13)11(2)17/h4-5,7-10H,3,6H2,1-2H3. The maximum Gasteiger partial charge on any atom is 0.161 e. The number of para-hydroxylation sites is 1. The first-order valence-corrected chi connectivity index (χ1v) is 5.86. The molecule has 0 aliphatic rings. The number of rotatable bonds is 4. The highest BCUT2D eigenvalue weighted by Gasteiger charge is 2.10. The molecule has 0 saturated heterocycles. The van der Waals surface area contributed by atoms with Crippen LogP contribution in [0.2, 0.25) is 0 Å². The topological polar surface area (TPSA) is 34.9 Å². The first-order chi connectivity index (χ1) is 8.24. The molecule has 0 N–H and O–H groups in total. The highest BCUT2D eigenvalue weighted by Crippen LogP contribution is 2.17. The molecule has 0 amide bonds. The average Bonchev–Trinajstić information content (AvgIpc) is 2.77. The summed E-state index contributed by atoms with van der Waals surface area (Å²) in [6.07, 6.45) is 5.65. The number of hydrogen-bond acceptors (Lipinski definition) is 2. The predicted molar refractivity (Wildman–Crippen MR) is 67.6 cm³/mol. The molecule has 1 aromatic carbocycles. The number of ketones is 1. The molecule has 2 rings (SSSR count). The van der Waals surface area contributed by atoms with E-state index in [1.807, 2.05) is 35.0 Å². The van der Waals surface area contributed by atoms with Gasteiger partial charge in [-0.25, -0.2) is 4.98 Å². The number of carbonyl (C=O) groups is 1. The molecule has 0 unspecified atom stereocenters. The Balaban J connectivity index is 2.52. The average molecular weight is 228 g/mol. The van der Waals surface area contributed by atoms with Crippen molar-refractivity contribution in [3.63, 3.8) is 0 Å². The maximum absolute atomic E-state index is 11.6. The zero-order chi connectivity index (χ0) is 12.3. The second kappa shape index (κ2) is 4.95. The second-order valence-electron chi connectivity index (χ2n) is 4.04. The van der Waals surface area contributed by atoms with Gasteiger partial charge in [0.1, 0.15) is 5.82 Å². The molecule has 0 aliphatic heterocycles. The molecule has 2 aromatic rings. The monoisotopic (exact) mass is 228 g/mol. The molecule has 3 heteroatoms. The van der Waals surface area contributed by atoms with Gasteiger partial charge >= 0.3 is 0 Å². The van der Waals surface area contributed by atoms with Crippen LogP contribution in [0.25, 0.3) is 5.69 Å². The SMILES string of the molecule is CCCc1nccn1-c1ccccc1C(C)=O. The lowest BCUT2D eigenvalue weighted by atomic mass is 10.1. The summed E-state index contributed by atoms with van der Waals surface area (Å²) in [7, 11) is 0. The lowest BCUT2D eigenvalue weighted by Crippen LogP contribution is -2.06. The van der Waals surface area contributed by atoms with Gasteiger partial charge in [-0.15, -0.1) is 0 Å². The van der Waals surface area contributed by atoms with E-state index in [1.54, 1.807) is 13.1 Å². The molecule has 0 atom stereocenters. The Kier molecular flexibility index (Phi) is 3.38. The van der Waals surface area contributed by atoms with E-state index in [0.29, 0.717) is 0 Å². The molecule has 0 saturated carbocycles. The van der Waals surface area contributed by atoms with Gasteiger partial charge < -0.3 is 4.57 Å². The Morgan fingerprint density at radius 1 is 1.35 bits per heavy atom. The van der Waals surface area contributed by atoms with E-state index >= 15 is 0 Å². The molecule has 1 heterocycles. The normalized spacial score (nSPS) is 10.5. The minimum absolute atomic E-state index is 0.0803. The zero-order valence-corrected chi connectivity index (χ0v) is 10.2. The van der Waals surface area contributed by atoms with Crippen molar-refractivity contribution in [3.8, 4) is 5.69 Å². The van der Waals surface area contributed by atoms with Crippen LogP contribution in [-0.2, 0) is 6.42 Å². The molecular weight excluding hydrogens is 212 g/mol. The molecule has 0 spiro atoms. The van der Waals surface area contributed by atoms with Gasteiger partial charge in [-0.1, -0.05) is 19.1 Å². The van der Waals surface area contributed by atoms with Crippen LogP contribution in [0.15, 0.2) is 36.7 Å². The van der Waals surface area contributed by atoms with E-state index in [0.717, 1.165) is 29.9 Å². The van der Waals surface area contributed by atoms with Crippen molar-refractivity contribution in [3.05, 3.63) is 48.0 Å². The van der Waals surface area contributed by atoms with E-state index in [-0.39, 0.29) is 5.78 Å². The summed E-state index contributed by atoms with van der Waals surface area (Å²) in [6.45, 7) is 3.71. The molecule has 1 aromatic heterocycles. The first kappa shape index (κ1) is 11.6. The summed E-state index contributed by atoms with van der Waals surface area (Å²) in [4.78, 5) is 15.9. The van der Waals surface area contributed by atoms with Gasteiger partial charge in [-0.05, 0) is 25.5 Å². The highest BCUT2D eigenvalue weighted by atomic mass is 16.1. The van der Waals surface area contributed by atoms with Crippen molar-refractivity contribution in [1.29, 1.82) is 0 Å². The van der Waals surface area contributed by atoms with Crippen LogP contribution < -0.4 is 0 Å². The van der Waals surface area contributed by atoms with Crippen LogP contribution in [0.4, 0.5) is 0 Å². The molecule has 0 radical (unpaired) electrons. The number of benzene rings is 1. The van der Waals surface area contributed by atoms with Crippen molar-refractivity contribution in [1.82, 2.24) is 9.55 Å². The maximum atomic E-state index is 11.6. The summed E-state index contributed by atoms with van der Waals surface area (Å²) in [5.74, 6) is 1.08. The van der Waals surface area contributed by atoms with E-state index in [1.165, 1.54) is 0 Å². The van der Waals surface area contributed by atoms with Crippen molar-refractivity contribution >= 4 is 5.78 Å². The summed E-state index contributed by atoms with van der Waals surface area (Å²) < 4.78 is 2.00. The molecule has 17 heavy (non-hydrogen) atoms. The summed E-state index contributed by atoms with van der Waals surface area (Å²) in [5.41, 5.74) is 1.66. The van der Waals surface area contributed by atoms with Crippen LogP contribution in [-0.4, -0.2) is 15.3 Å². The molecule has 0 bridgehead atoms. The number of nitrogens with zero attached hydrogens (tertiary/aromatic N) is 2. The zero-order valence-electron chi connectivity index (χ0n) is 10.2. The van der Waals surface area contributed by atoms with Gasteiger partial charge in [0.25, 0.3) is 0 Å². The minimum atomic E-state index is 0.0803. The van der Waals surface area contributed by atoms with Crippen molar-refractivity contribution in [2.24, 2.45) is 0 Å². The Bertz CT molecular complexity index is 529. The third-order valence-electron chi connectivity index (χ3n) is 2.73. The number of aromatic nitrogens is 2. The van der Waals surface area contributed by atoms with Crippen molar-refractivity contribution < 1.29 is 4.79 Å². The van der Waals surface area contributed by atoms with Crippen LogP contribution in [0.1, 0.15) is 36.5 Å². The fraction of sp³-hybridized carbons (Fsp3) is 0.286. The minimum Gasteiger partial charge on any atom is -0.303 e. The van der Waals surface area contributed by atoms with E-state index in [9.17, 15) is 4.79 Å². The number of carbonyl (C=O) groups excluding carboxylic acids is 1. The summed E-state index contributed by atoms with van der Waals surface area (Å²) in [5, 5.41) is 0. The number of aryl methyl sites for hydroxylation is 1. The van der Waals surface area contributed by atoms with Gasteiger partial charge in [0, 0.05) is 24.4 Å². The van der Waals surface area contributed by atoms with Crippen LogP contribution in [0.3, 0.4) is 0 Å². The Morgan fingerprint density at radius 2 is 2.12 bits per heavy atom. The van der Waals surface area contributed by atoms with E-state index in [4.69, 9.17) is 0 Å². The third-order valence-corrected chi connectivity index (χ3v) is 2.73. The van der Waals surface area contributed by atoms with Gasteiger partial charge in [0.2, 0.25) is 0 Å². The Labute approximate surface area is 101 Å². The van der Waals surface area contributed by atoms with Crippen molar-refractivity contribution in [2.45, 2.75) is 26.7 Å². The van der Waals surface area contributed by atoms with E-state index < -0.39 is 0 Å². The number of imidazole rings is 1. The van der Waals surface area contributed by atoms with Gasteiger partial charge in [-0.3, -0.25) is 4.79 Å². The second-order valence-corrected chi connectivity index (χ2v) is 4.04. The largest absolute Gasteiger partial charge is 0.303 e. The predicted octanol–water partition coefficient (Wildman–Crippen LogP) is 3.03. The molecule has 0 fully saturated rings. The molecular formula is C14H16N2O. The van der Waals surface area contributed by atoms with Crippen molar-refractivity contribution in [2.75, 3.05) is 0 Å². The summed E-state index contributed by atoms with van der Waals surface area (Å²) >= 11 is 0. The number of Topliss-reactive ketones (excluding diaryl/α,β-unsaturated/α-hetero) is 1.